The maximum atomic E-state index is 12.3. The Morgan fingerprint density at radius 2 is 2.20 bits per heavy atom. The van der Waals surface area contributed by atoms with Crippen molar-refractivity contribution in [3.8, 4) is 0 Å². The highest BCUT2D eigenvalue weighted by Crippen LogP contribution is 2.25. The number of rotatable bonds is 6. The lowest BCUT2D eigenvalue weighted by Crippen LogP contribution is -2.35. The molecule has 8 heteroatoms. The summed E-state index contributed by atoms with van der Waals surface area (Å²) in [5, 5.41) is 7.22. The van der Waals surface area contributed by atoms with Crippen molar-refractivity contribution in [2.75, 3.05) is 13.2 Å². The molecule has 2 atom stereocenters. The lowest BCUT2D eigenvalue weighted by atomic mass is 9.88. The minimum Gasteiger partial charge on any atom is -0.376 e. The minimum atomic E-state index is -0.263. The zero-order valence-corrected chi connectivity index (χ0v) is 14.8. The van der Waals surface area contributed by atoms with E-state index in [0.717, 1.165) is 6.42 Å². The first kappa shape index (κ1) is 17.6. The van der Waals surface area contributed by atoms with Crippen molar-refractivity contribution in [3.05, 3.63) is 22.9 Å². The third kappa shape index (κ3) is 4.07. The van der Waals surface area contributed by atoms with Crippen LogP contribution in [0.3, 0.4) is 0 Å². The molecule has 2 aromatic rings. The molecule has 1 amide bonds. The van der Waals surface area contributed by atoms with Gasteiger partial charge in [-0.2, -0.15) is 5.10 Å². The molecule has 1 aliphatic rings. The minimum absolute atomic E-state index is 0.0590. The van der Waals surface area contributed by atoms with Crippen LogP contribution in [0.2, 0.25) is 0 Å². The van der Waals surface area contributed by atoms with Gasteiger partial charge < -0.3 is 10.1 Å². The van der Waals surface area contributed by atoms with Gasteiger partial charge in [0.05, 0.1) is 18.9 Å². The Hall–Kier alpha value is -2.22. The molecule has 0 aliphatic heterocycles. The summed E-state index contributed by atoms with van der Waals surface area (Å²) in [7, 11) is 1.72. The molecule has 0 radical (unpaired) electrons. The first-order valence-electron chi connectivity index (χ1n) is 8.81. The smallest absolute Gasteiger partial charge is 0.264 e. The average molecular weight is 347 g/mol. The molecule has 2 aromatic heterocycles. The second kappa shape index (κ2) is 7.77. The lowest BCUT2D eigenvalue weighted by molar-refractivity contribution is -0.122. The molecule has 0 saturated heterocycles. The first-order valence-corrected chi connectivity index (χ1v) is 8.81. The summed E-state index contributed by atoms with van der Waals surface area (Å²) in [5.74, 6) is 0.354. The number of aryl methyl sites for hydroxylation is 1. The second-order valence-electron chi connectivity index (χ2n) is 6.70. The number of hydrogen-bond acceptors (Lipinski definition) is 5. The molecule has 1 N–H and O–H groups in total. The Morgan fingerprint density at radius 1 is 1.40 bits per heavy atom. The molecular weight excluding hydrogens is 322 g/mol. The fraction of sp³-hybridized carbons (Fsp3) is 0.647. The Bertz CT molecular complexity index is 797. The van der Waals surface area contributed by atoms with Crippen molar-refractivity contribution in [1.29, 1.82) is 0 Å². The number of hydrogen-bond donors (Lipinski definition) is 1. The second-order valence-corrected chi connectivity index (χ2v) is 6.70. The zero-order chi connectivity index (χ0) is 17.8. The van der Waals surface area contributed by atoms with E-state index in [1.54, 1.807) is 7.05 Å². The molecule has 2 heterocycles. The number of amides is 1. The van der Waals surface area contributed by atoms with Crippen LogP contribution in [0.4, 0.5) is 0 Å². The molecule has 25 heavy (non-hydrogen) atoms. The molecule has 3 rings (SSSR count). The molecule has 0 unspecified atom stereocenters. The largest absolute Gasteiger partial charge is 0.376 e. The van der Waals surface area contributed by atoms with E-state index in [0.29, 0.717) is 36.2 Å². The number of ether oxygens (including phenoxy) is 1. The van der Waals surface area contributed by atoms with E-state index in [9.17, 15) is 9.59 Å². The maximum absolute atomic E-state index is 12.3. The monoisotopic (exact) mass is 347 g/mol. The summed E-state index contributed by atoms with van der Waals surface area (Å²) in [6.45, 7) is 3.10. The van der Waals surface area contributed by atoms with E-state index in [1.165, 1.54) is 41.0 Å². The third-order valence-electron chi connectivity index (χ3n) is 4.82. The van der Waals surface area contributed by atoms with Crippen LogP contribution in [0, 0.1) is 5.92 Å². The van der Waals surface area contributed by atoms with Gasteiger partial charge in [-0.05, 0) is 18.8 Å². The third-order valence-corrected chi connectivity index (χ3v) is 4.82. The van der Waals surface area contributed by atoms with Gasteiger partial charge in [0.1, 0.15) is 18.3 Å². The summed E-state index contributed by atoms with van der Waals surface area (Å²) >= 11 is 0. The maximum Gasteiger partial charge on any atom is 0.264 e. The van der Waals surface area contributed by atoms with Crippen LogP contribution < -0.4 is 10.9 Å². The molecule has 1 saturated carbocycles. The number of fused-ring (bicyclic) bond motifs is 1. The van der Waals surface area contributed by atoms with Crippen LogP contribution in [0.5, 0.6) is 0 Å². The van der Waals surface area contributed by atoms with Crippen molar-refractivity contribution in [2.45, 2.75) is 45.3 Å². The fourth-order valence-electron chi connectivity index (χ4n) is 3.32. The highest BCUT2D eigenvalue weighted by atomic mass is 16.5. The van der Waals surface area contributed by atoms with Crippen molar-refractivity contribution in [2.24, 2.45) is 13.0 Å². The van der Waals surface area contributed by atoms with E-state index in [-0.39, 0.29) is 18.0 Å². The van der Waals surface area contributed by atoms with Crippen LogP contribution in [0.25, 0.3) is 11.0 Å². The molecule has 1 fully saturated rings. The van der Waals surface area contributed by atoms with E-state index in [2.05, 4.69) is 22.3 Å². The standard InChI is InChI=1S/C17H25N5O3/c1-12-5-3-4-6-14(12)25-8-7-18-15(23)10-22-11-19-16-13(17(22)24)9-20-21(16)2/h9,11-12,14H,3-8,10H2,1-2H3,(H,18,23)/t12-,14-/m1/s1. The number of aromatic nitrogens is 4. The highest BCUT2D eigenvalue weighted by molar-refractivity contribution is 5.77. The quantitative estimate of drug-likeness (QED) is 0.782. The molecule has 136 valence electrons. The van der Waals surface area contributed by atoms with Crippen molar-refractivity contribution in [3.63, 3.8) is 0 Å². The molecule has 1 aliphatic carbocycles. The summed E-state index contributed by atoms with van der Waals surface area (Å²) in [6, 6.07) is 0. The molecular formula is C17H25N5O3. The highest BCUT2D eigenvalue weighted by Gasteiger charge is 2.21. The van der Waals surface area contributed by atoms with Gasteiger partial charge in [0.15, 0.2) is 5.65 Å². The van der Waals surface area contributed by atoms with Gasteiger partial charge >= 0.3 is 0 Å². The van der Waals surface area contributed by atoms with Gasteiger partial charge in [-0.15, -0.1) is 0 Å². The lowest BCUT2D eigenvalue weighted by Gasteiger charge is -2.28. The molecule has 0 aromatic carbocycles. The predicted molar refractivity (Wildman–Crippen MR) is 93.2 cm³/mol. The molecule has 8 nitrogen and oxygen atoms in total. The Balaban J connectivity index is 1.48. The summed E-state index contributed by atoms with van der Waals surface area (Å²) in [6.07, 6.45) is 7.95. The summed E-state index contributed by atoms with van der Waals surface area (Å²) < 4.78 is 8.70. The Labute approximate surface area is 146 Å². The topological polar surface area (TPSA) is 91.0 Å². The van der Waals surface area contributed by atoms with Gasteiger partial charge in [-0.3, -0.25) is 18.8 Å². The molecule has 0 spiro atoms. The fourth-order valence-corrected chi connectivity index (χ4v) is 3.32. The van der Waals surface area contributed by atoms with E-state index >= 15 is 0 Å². The Morgan fingerprint density at radius 3 is 3.00 bits per heavy atom. The SMILES string of the molecule is C[C@@H]1CCCC[C@H]1OCCNC(=O)Cn1cnc2c(cnn2C)c1=O. The van der Waals surface area contributed by atoms with E-state index < -0.39 is 0 Å². The van der Waals surface area contributed by atoms with E-state index in [1.807, 2.05) is 0 Å². The van der Waals surface area contributed by atoms with Crippen molar-refractivity contribution in [1.82, 2.24) is 24.6 Å². The summed E-state index contributed by atoms with van der Waals surface area (Å²) in [4.78, 5) is 28.5. The van der Waals surface area contributed by atoms with Crippen molar-refractivity contribution >= 4 is 16.9 Å². The number of nitrogens with one attached hydrogen (secondary N) is 1. The van der Waals surface area contributed by atoms with Crippen LogP contribution in [-0.2, 0) is 23.1 Å². The van der Waals surface area contributed by atoms with Crippen LogP contribution in [-0.4, -0.2) is 44.5 Å². The van der Waals surface area contributed by atoms with Gasteiger partial charge in [0.25, 0.3) is 5.56 Å². The van der Waals surface area contributed by atoms with E-state index in [4.69, 9.17) is 4.74 Å². The first-order chi connectivity index (χ1) is 12.1. The average Bonchev–Trinajstić information content (AvgIpc) is 2.97. The van der Waals surface area contributed by atoms with Crippen LogP contribution in [0.15, 0.2) is 17.3 Å². The molecule has 0 bridgehead atoms. The van der Waals surface area contributed by atoms with Crippen molar-refractivity contribution < 1.29 is 9.53 Å². The number of nitrogens with zero attached hydrogens (tertiary/aromatic N) is 4. The van der Waals surface area contributed by atoms with Gasteiger partial charge in [-0.1, -0.05) is 19.8 Å². The normalized spacial score (nSPS) is 20.7. The summed E-state index contributed by atoms with van der Waals surface area (Å²) in [5.41, 5.74) is 0.247. The Kier molecular flexibility index (Phi) is 5.47. The van der Waals surface area contributed by atoms with Crippen LogP contribution >= 0.6 is 0 Å². The van der Waals surface area contributed by atoms with Gasteiger partial charge in [-0.25, -0.2) is 4.98 Å². The number of carbonyl (C=O) groups excluding carboxylic acids is 1. The zero-order valence-electron chi connectivity index (χ0n) is 14.8. The van der Waals surface area contributed by atoms with Gasteiger partial charge in [0, 0.05) is 13.6 Å². The van der Waals surface area contributed by atoms with Gasteiger partial charge in [0.2, 0.25) is 5.91 Å². The van der Waals surface area contributed by atoms with Crippen LogP contribution in [0.1, 0.15) is 32.6 Å². The number of carbonyl (C=O) groups is 1. The predicted octanol–water partition coefficient (Wildman–Crippen LogP) is 0.841.